The molecular weight excluding hydrogens is 626 g/mol. The van der Waals surface area contributed by atoms with Crippen molar-refractivity contribution in [2.75, 3.05) is 45.2 Å². The van der Waals surface area contributed by atoms with Gasteiger partial charge in [-0.15, -0.1) is 0 Å². The van der Waals surface area contributed by atoms with E-state index < -0.39 is 6.04 Å². The SMILES string of the molecule is CN(C)C[C@H]1Cc2cc(Cl)ccc2N(C(=O)[C@@H](Cc2c[nH]c3ccccc23)NC(=O)CCC2CCN(C(=O)c3ccccc3O)CC2)C1. The van der Waals surface area contributed by atoms with Crippen LogP contribution < -0.4 is 10.2 Å². The van der Waals surface area contributed by atoms with Crippen LogP contribution in [0.1, 0.15) is 47.2 Å². The normalized spacial score (nSPS) is 17.4. The second kappa shape index (κ2) is 14.8. The molecule has 3 heterocycles. The van der Waals surface area contributed by atoms with Crippen LogP contribution in [0.15, 0.2) is 72.9 Å². The highest BCUT2D eigenvalue weighted by atomic mass is 35.5. The zero-order valence-corrected chi connectivity index (χ0v) is 28.4. The van der Waals surface area contributed by atoms with Crippen molar-refractivity contribution in [2.45, 2.75) is 44.6 Å². The van der Waals surface area contributed by atoms with Crippen LogP contribution in [0.4, 0.5) is 5.69 Å². The first kappa shape index (κ1) is 33.6. The Kier molecular flexibility index (Phi) is 10.4. The van der Waals surface area contributed by atoms with Gasteiger partial charge >= 0.3 is 0 Å². The summed E-state index contributed by atoms with van der Waals surface area (Å²) in [7, 11) is 4.07. The van der Waals surface area contributed by atoms with E-state index in [0.717, 1.165) is 53.5 Å². The molecule has 0 radical (unpaired) electrons. The van der Waals surface area contributed by atoms with Crippen LogP contribution in [0, 0.1) is 11.8 Å². The maximum absolute atomic E-state index is 14.5. The van der Waals surface area contributed by atoms with Gasteiger partial charge in [-0.25, -0.2) is 0 Å². The fraction of sp³-hybridized carbons (Fsp3) is 0.395. The van der Waals surface area contributed by atoms with Crippen molar-refractivity contribution >= 4 is 45.9 Å². The number of carbonyl (C=O) groups is 3. The van der Waals surface area contributed by atoms with E-state index in [-0.39, 0.29) is 35.3 Å². The number of rotatable bonds is 10. The maximum atomic E-state index is 14.5. The lowest BCUT2D eigenvalue weighted by Crippen LogP contribution is -2.53. The van der Waals surface area contributed by atoms with Crippen LogP contribution in [0.25, 0.3) is 10.9 Å². The van der Waals surface area contributed by atoms with Crippen molar-refractivity contribution in [1.29, 1.82) is 0 Å². The molecule has 3 amide bonds. The van der Waals surface area contributed by atoms with Crippen LogP contribution in [0.5, 0.6) is 5.75 Å². The third-order valence-electron chi connectivity index (χ3n) is 9.72. The molecule has 10 heteroatoms. The number of nitrogens with one attached hydrogen (secondary N) is 2. The molecule has 0 unspecified atom stereocenters. The summed E-state index contributed by atoms with van der Waals surface area (Å²) in [6.07, 6.45) is 5.66. The Balaban J connectivity index is 1.15. The number of phenols is 1. The zero-order chi connectivity index (χ0) is 33.8. The number of H-pyrrole nitrogens is 1. The number of carbonyl (C=O) groups excluding carboxylic acids is 3. The van der Waals surface area contributed by atoms with E-state index in [1.807, 2.05) is 67.7 Å². The number of aromatic nitrogens is 1. The average Bonchev–Trinajstić information content (AvgIpc) is 3.48. The third kappa shape index (κ3) is 7.69. The van der Waals surface area contributed by atoms with Gasteiger partial charge in [-0.2, -0.15) is 0 Å². The Morgan fingerprint density at radius 3 is 2.54 bits per heavy atom. The average molecular weight is 670 g/mol. The third-order valence-corrected chi connectivity index (χ3v) is 9.95. The molecule has 2 aliphatic heterocycles. The van der Waals surface area contributed by atoms with Gasteiger partial charge in [-0.05, 0) is 99.1 Å². The van der Waals surface area contributed by atoms with Gasteiger partial charge in [0.2, 0.25) is 11.8 Å². The van der Waals surface area contributed by atoms with Crippen molar-refractivity contribution < 1.29 is 19.5 Å². The molecule has 0 saturated carbocycles. The first-order valence-electron chi connectivity index (χ1n) is 16.8. The summed E-state index contributed by atoms with van der Waals surface area (Å²) in [6, 6.07) is 19.5. The van der Waals surface area contributed by atoms with Crippen LogP contribution in [0.3, 0.4) is 0 Å². The van der Waals surface area contributed by atoms with E-state index in [0.29, 0.717) is 49.5 Å². The van der Waals surface area contributed by atoms with Gasteiger partial charge in [0, 0.05) is 66.8 Å². The quantitative estimate of drug-likeness (QED) is 0.202. The number of amides is 3. The van der Waals surface area contributed by atoms with Crippen molar-refractivity contribution in [3.63, 3.8) is 0 Å². The molecule has 3 aromatic carbocycles. The van der Waals surface area contributed by atoms with E-state index in [2.05, 4.69) is 15.2 Å². The molecule has 1 saturated heterocycles. The molecule has 1 fully saturated rings. The van der Waals surface area contributed by atoms with Gasteiger partial charge in [0.15, 0.2) is 0 Å². The lowest BCUT2D eigenvalue weighted by Gasteiger charge is -2.37. The summed E-state index contributed by atoms with van der Waals surface area (Å²) in [5.74, 6) is 0.0524. The number of fused-ring (bicyclic) bond motifs is 2. The largest absolute Gasteiger partial charge is 0.507 e. The molecule has 2 aliphatic rings. The number of aromatic amines is 1. The van der Waals surface area contributed by atoms with Crippen molar-refractivity contribution in [3.05, 3.63) is 94.6 Å². The molecule has 2 atom stereocenters. The number of hydrogen-bond donors (Lipinski definition) is 3. The summed E-state index contributed by atoms with van der Waals surface area (Å²) in [5.41, 5.74) is 4.17. The summed E-state index contributed by atoms with van der Waals surface area (Å²) in [5, 5.41) is 14.9. The number of likely N-dealkylation sites (tertiary alicyclic amines) is 1. The Bertz CT molecular complexity index is 1780. The van der Waals surface area contributed by atoms with Crippen LogP contribution in [-0.2, 0) is 22.4 Å². The Morgan fingerprint density at radius 1 is 1.02 bits per heavy atom. The van der Waals surface area contributed by atoms with E-state index in [1.54, 1.807) is 23.1 Å². The van der Waals surface area contributed by atoms with E-state index in [9.17, 15) is 19.5 Å². The molecule has 3 N–H and O–H groups in total. The van der Waals surface area contributed by atoms with E-state index in [4.69, 9.17) is 11.6 Å². The van der Waals surface area contributed by atoms with Crippen molar-refractivity contribution in [2.24, 2.45) is 11.8 Å². The van der Waals surface area contributed by atoms with Gasteiger partial charge in [0.1, 0.15) is 11.8 Å². The number of benzene rings is 3. The lowest BCUT2D eigenvalue weighted by molar-refractivity contribution is -0.127. The number of anilines is 1. The van der Waals surface area contributed by atoms with Crippen LogP contribution in [-0.4, -0.2) is 83.9 Å². The zero-order valence-electron chi connectivity index (χ0n) is 27.6. The van der Waals surface area contributed by atoms with Crippen molar-refractivity contribution in [3.8, 4) is 5.75 Å². The second-order valence-electron chi connectivity index (χ2n) is 13.5. The molecule has 4 aromatic rings. The molecule has 48 heavy (non-hydrogen) atoms. The Morgan fingerprint density at radius 2 is 1.77 bits per heavy atom. The number of nitrogens with zero attached hydrogens (tertiary/aromatic N) is 3. The Hall–Kier alpha value is -4.34. The number of halogens is 1. The Labute approximate surface area is 286 Å². The molecule has 9 nitrogen and oxygen atoms in total. The minimum Gasteiger partial charge on any atom is -0.507 e. The first-order valence-corrected chi connectivity index (χ1v) is 17.2. The van der Waals surface area contributed by atoms with Crippen LogP contribution in [0.2, 0.25) is 5.02 Å². The molecule has 6 rings (SSSR count). The molecule has 0 spiro atoms. The smallest absolute Gasteiger partial charge is 0.257 e. The maximum Gasteiger partial charge on any atom is 0.257 e. The summed E-state index contributed by atoms with van der Waals surface area (Å²) in [4.78, 5) is 50.1. The summed E-state index contributed by atoms with van der Waals surface area (Å²) < 4.78 is 0. The highest BCUT2D eigenvalue weighted by Crippen LogP contribution is 2.33. The van der Waals surface area contributed by atoms with Gasteiger partial charge in [-0.3, -0.25) is 14.4 Å². The fourth-order valence-electron chi connectivity index (χ4n) is 7.32. The molecule has 0 bridgehead atoms. The fourth-order valence-corrected chi connectivity index (χ4v) is 7.51. The van der Waals surface area contributed by atoms with Crippen LogP contribution >= 0.6 is 11.6 Å². The summed E-state index contributed by atoms with van der Waals surface area (Å²) in [6.45, 7) is 2.54. The lowest BCUT2D eigenvalue weighted by atomic mass is 9.90. The standard InChI is InChI=1S/C38H44ClN5O4/c1-42(2)23-26-19-27-20-29(39)12-13-34(27)44(24-26)38(48)33(21-28-22-40-32-9-5-3-7-30(28)32)41-36(46)14-11-25-15-17-43(18-16-25)37(47)31-8-4-6-10-35(31)45/h3-10,12-13,20,22,25-26,33,40,45H,11,14-19,21,23-24H2,1-2H3,(H,41,46)/t26-,33-/m1/s1. The minimum atomic E-state index is -0.753. The number of para-hydroxylation sites is 2. The minimum absolute atomic E-state index is 0.0110. The molecule has 1 aromatic heterocycles. The first-order chi connectivity index (χ1) is 23.2. The van der Waals surface area contributed by atoms with Gasteiger partial charge in [-0.1, -0.05) is 41.9 Å². The van der Waals surface area contributed by atoms with Gasteiger partial charge < -0.3 is 30.1 Å². The number of hydrogen-bond acceptors (Lipinski definition) is 5. The van der Waals surface area contributed by atoms with Gasteiger partial charge in [0.25, 0.3) is 5.91 Å². The summed E-state index contributed by atoms with van der Waals surface area (Å²) >= 11 is 6.39. The number of aromatic hydroxyl groups is 1. The predicted octanol–water partition coefficient (Wildman–Crippen LogP) is 5.65. The second-order valence-corrected chi connectivity index (χ2v) is 14.0. The van der Waals surface area contributed by atoms with E-state index >= 15 is 0 Å². The highest BCUT2D eigenvalue weighted by Gasteiger charge is 2.34. The molecule has 252 valence electrons. The van der Waals surface area contributed by atoms with E-state index in [1.165, 1.54) is 6.07 Å². The molecular formula is C38H44ClN5O4. The highest BCUT2D eigenvalue weighted by molar-refractivity contribution is 6.30. The topological polar surface area (TPSA) is 109 Å². The monoisotopic (exact) mass is 669 g/mol. The number of piperidine rings is 1. The number of phenolic OH excluding ortho intramolecular Hbond substituents is 1. The van der Waals surface area contributed by atoms with Crippen molar-refractivity contribution in [1.82, 2.24) is 20.1 Å². The predicted molar refractivity (Wildman–Crippen MR) is 189 cm³/mol. The molecule has 0 aliphatic carbocycles. The van der Waals surface area contributed by atoms with Gasteiger partial charge in [0.05, 0.1) is 5.56 Å².